The maximum Gasteiger partial charge on any atom is 0.268 e. The van der Waals surface area contributed by atoms with E-state index in [2.05, 4.69) is 26.4 Å². The van der Waals surface area contributed by atoms with Gasteiger partial charge in [-0.25, -0.2) is 0 Å². The molecule has 0 saturated carbocycles. The molecule has 2 N–H and O–H groups in total. The fraction of sp³-hybridized carbons (Fsp3) is 0.222. The van der Waals surface area contributed by atoms with Crippen molar-refractivity contribution in [3.63, 3.8) is 0 Å². The summed E-state index contributed by atoms with van der Waals surface area (Å²) in [6.07, 6.45) is -0.479. The Kier molecular flexibility index (Phi) is 5.32. The summed E-state index contributed by atoms with van der Waals surface area (Å²) in [7, 11) is 3.11. The predicted octanol–water partition coefficient (Wildman–Crippen LogP) is 3.30. The molecule has 8 heteroatoms. The van der Waals surface area contributed by atoms with Crippen LogP contribution in [0.4, 0.5) is 5.69 Å². The molecule has 1 heterocycles. The first-order valence-electron chi connectivity index (χ1n) is 7.76. The second kappa shape index (κ2) is 7.65. The van der Waals surface area contributed by atoms with Crippen LogP contribution in [0, 0.1) is 0 Å². The number of hydrogen-bond acceptors (Lipinski definition) is 6. The van der Waals surface area contributed by atoms with E-state index in [9.17, 15) is 9.90 Å². The largest absolute Gasteiger partial charge is 0.506 e. The lowest BCUT2D eigenvalue weighted by molar-refractivity contribution is -0.125. The van der Waals surface area contributed by atoms with E-state index in [-0.39, 0.29) is 5.75 Å². The first-order chi connectivity index (χ1) is 12.5. The number of benzene rings is 2. The predicted molar refractivity (Wildman–Crippen MR) is 100 cm³/mol. The third kappa shape index (κ3) is 3.75. The van der Waals surface area contributed by atoms with Crippen LogP contribution in [0.1, 0.15) is 12.0 Å². The Labute approximate surface area is 158 Å². The van der Waals surface area contributed by atoms with Crippen LogP contribution in [0.25, 0.3) is 0 Å². The zero-order valence-electron chi connectivity index (χ0n) is 14.2. The smallest absolute Gasteiger partial charge is 0.268 e. The second-order valence-electron chi connectivity index (χ2n) is 5.56. The molecule has 0 saturated heterocycles. The van der Waals surface area contributed by atoms with E-state index >= 15 is 0 Å². The summed E-state index contributed by atoms with van der Waals surface area (Å²) in [5.41, 5.74) is 1.71. The summed E-state index contributed by atoms with van der Waals surface area (Å²) in [4.78, 5) is 17.7. The summed E-state index contributed by atoms with van der Waals surface area (Å²) in [6, 6.07) is 10.1. The van der Waals surface area contributed by atoms with Crippen molar-refractivity contribution in [2.24, 2.45) is 5.16 Å². The molecule has 136 valence electrons. The van der Waals surface area contributed by atoms with Crippen LogP contribution in [-0.2, 0) is 9.63 Å². The molecule has 1 amide bonds. The van der Waals surface area contributed by atoms with Gasteiger partial charge in [0.05, 0.1) is 25.6 Å². The van der Waals surface area contributed by atoms with E-state index in [1.54, 1.807) is 38.5 Å². The summed E-state index contributed by atoms with van der Waals surface area (Å²) in [5.74, 6) is 0.757. The number of rotatable bonds is 5. The number of nitrogens with one attached hydrogen (secondary N) is 1. The SMILES string of the molecule is COc1ccc(C2=NO[C@@H](C(=O)Nc3cc(Br)ccc3O)C2)cc1OC. The van der Waals surface area contributed by atoms with Crippen LogP contribution in [-0.4, -0.2) is 37.0 Å². The normalized spacial score (nSPS) is 15.8. The Morgan fingerprint density at radius 3 is 2.73 bits per heavy atom. The molecular weight excluding hydrogens is 404 g/mol. The van der Waals surface area contributed by atoms with Gasteiger partial charge in [-0.2, -0.15) is 0 Å². The van der Waals surface area contributed by atoms with E-state index in [4.69, 9.17) is 14.3 Å². The molecule has 2 aromatic carbocycles. The molecule has 26 heavy (non-hydrogen) atoms. The third-order valence-electron chi connectivity index (χ3n) is 3.89. The number of phenolic OH excluding ortho intramolecular Hbond substituents is 1. The molecule has 0 radical (unpaired) electrons. The number of amides is 1. The average molecular weight is 421 g/mol. The molecule has 2 aromatic rings. The number of aromatic hydroxyl groups is 1. The lowest BCUT2D eigenvalue weighted by Crippen LogP contribution is -2.28. The molecule has 0 fully saturated rings. The van der Waals surface area contributed by atoms with E-state index in [1.165, 1.54) is 6.07 Å². The molecule has 3 rings (SSSR count). The third-order valence-corrected chi connectivity index (χ3v) is 4.39. The van der Waals surface area contributed by atoms with E-state index in [1.807, 2.05) is 6.07 Å². The Hall–Kier alpha value is -2.74. The lowest BCUT2D eigenvalue weighted by atomic mass is 10.0. The zero-order chi connectivity index (χ0) is 18.7. The highest BCUT2D eigenvalue weighted by molar-refractivity contribution is 9.10. The van der Waals surface area contributed by atoms with Gasteiger partial charge in [0.25, 0.3) is 5.91 Å². The highest BCUT2D eigenvalue weighted by atomic mass is 79.9. The zero-order valence-corrected chi connectivity index (χ0v) is 15.7. The number of ether oxygens (including phenoxy) is 2. The molecule has 0 unspecified atom stereocenters. The first kappa shape index (κ1) is 18.1. The molecule has 0 aromatic heterocycles. The molecular formula is C18H17BrN2O5. The summed E-state index contributed by atoms with van der Waals surface area (Å²) < 4.78 is 11.2. The number of carbonyl (C=O) groups is 1. The van der Waals surface area contributed by atoms with Gasteiger partial charge in [0.15, 0.2) is 11.5 Å². The van der Waals surface area contributed by atoms with E-state index < -0.39 is 12.0 Å². The van der Waals surface area contributed by atoms with Crippen LogP contribution in [0.5, 0.6) is 17.2 Å². The number of methoxy groups -OCH3 is 2. The Balaban J connectivity index is 1.69. The van der Waals surface area contributed by atoms with Crippen LogP contribution >= 0.6 is 15.9 Å². The monoisotopic (exact) mass is 420 g/mol. The molecule has 0 aliphatic carbocycles. The van der Waals surface area contributed by atoms with Gasteiger partial charge in [-0.05, 0) is 36.4 Å². The number of halogens is 1. The summed E-state index contributed by atoms with van der Waals surface area (Å²) in [5, 5.41) is 16.5. The Morgan fingerprint density at radius 2 is 2.00 bits per heavy atom. The van der Waals surface area contributed by atoms with Gasteiger partial charge in [0, 0.05) is 16.5 Å². The number of anilines is 1. The number of phenols is 1. The molecule has 1 aliphatic rings. The van der Waals surface area contributed by atoms with Crippen molar-refractivity contribution >= 4 is 33.2 Å². The van der Waals surface area contributed by atoms with Gasteiger partial charge in [0.1, 0.15) is 5.75 Å². The number of nitrogens with zero attached hydrogens (tertiary/aromatic N) is 1. The highest BCUT2D eigenvalue weighted by Gasteiger charge is 2.29. The van der Waals surface area contributed by atoms with Gasteiger partial charge in [-0.1, -0.05) is 21.1 Å². The van der Waals surface area contributed by atoms with Crippen molar-refractivity contribution in [3.8, 4) is 17.2 Å². The van der Waals surface area contributed by atoms with Gasteiger partial charge in [-0.3, -0.25) is 4.79 Å². The molecule has 0 spiro atoms. The average Bonchev–Trinajstić information content (AvgIpc) is 3.14. The Morgan fingerprint density at radius 1 is 1.23 bits per heavy atom. The first-order valence-corrected chi connectivity index (χ1v) is 8.55. The molecule has 1 atom stereocenters. The lowest BCUT2D eigenvalue weighted by Gasteiger charge is -2.11. The van der Waals surface area contributed by atoms with Crippen molar-refractivity contribution in [1.29, 1.82) is 0 Å². The molecule has 1 aliphatic heterocycles. The Bertz CT molecular complexity index is 869. The van der Waals surface area contributed by atoms with Gasteiger partial charge in [-0.15, -0.1) is 0 Å². The standard InChI is InChI=1S/C18H17BrN2O5/c1-24-15-6-3-10(7-16(15)25-2)12-9-17(26-21-12)18(23)20-13-8-11(19)4-5-14(13)22/h3-8,17,22H,9H2,1-2H3,(H,20,23)/t17-/m1/s1. The minimum atomic E-state index is -0.781. The van der Waals surface area contributed by atoms with Crippen molar-refractivity contribution < 1.29 is 24.2 Å². The van der Waals surface area contributed by atoms with Gasteiger partial charge < -0.3 is 24.7 Å². The van der Waals surface area contributed by atoms with Crippen LogP contribution in [0.2, 0.25) is 0 Å². The van der Waals surface area contributed by atoms with Crippen LogP contribution < -0.4 is 14.8 Å². The fourth-order valence-corrected chi connectivity index (χ4v) is 2.89. The minimum absolute atomic E-state index is 0.0272. The summed E-state index contributed by atoms with van der Waals surface area (Å²) in [6.45, 7) is 0. The van der Waals surface area contributed by atoms with Crippen LogP contribution in [0.3, 0.4) is 0 Å². The quantitative estimate of drug-likeness (QED) is 0.724. The minimum Gasteiger partial charge on any atom is -0.506 e. The van der Waals surface area contributed by atoms with Crippen molar-refractivity contribution in [2.45, 2.75) is 12.5 Å². The number of hydrogen-bond donors (Lipinski definition) is 2. The van der Waals surface area contributed by atoms with E-state index in [0.29, 0.717) is 29.3 Å². The van der Waals surface area contributed by atoms with Crippen LogP contribution in [0.15, 0.2) is 46.0 Å². The summed E-state index contributed by atoms with van der Waals surface area (Å²) >= 11 is 3.30. The van der Waals surface area contributed by atoms with Crippen molar-refractivity contribution in [2.75, 3.05) is 19.5 Å². The van der Waals surface area contributed by atoms with Crippen molar-refractivity contribution in [1.82, 2.24) is 0 Å². The fourth-order valence-electron chi connectivity index (χ4n) is 2.53. The molecule has 7 nitrogen and oxygen atoms in total. The number of carbonyl (C=O) groups excluding carboxylic acids is 1. The second-order valence-corrected chi connectivity index (χ2v) is 6.47. The maximum atomic E-state index is 12.4. The maximum absolute atomic E-state index is 12.4. The van der Waals surface area contributed by atoms with Crippen molar-refractivity contribution in [3.05, 3.63) is 46.4 Å². The van der Waals surface area contributed by atoms with Gasteiger partial charge >= 0.3 is 0 Å². The molecule has 0 bridgehead atoms. The van der Waals surface area contributed by atoms with E-state index in [0.717, 1.165) is 10.0 Å². The topological polar surface area (TPSA) is 89.4 Å². The highest BCUT2D eigenvalue weighted by Crippen LogP contribution is 2.30. The van der Waals surface area contributed by atoms with Gasteiger partial charge in [0.2, 0.25) is 6.10 Å². The number of oxime groups is 1.